The number of aromatic amines is 1. The van der Waals surface area contributed by atoms with Crippen molar-refractivity contribution in [2.75, 3.05) is 5.48 Å². The lowest BCUT2D eigenvalue weighted by Crippen LogP contribution is -2.13. The molecule has 1 heterocycles. The smallest absolute Gasteiger partial charge is 0.293 e. The predicted molar refractivity (Wildman–Crippen MR) is 54.0 cm³/mol. The second-order valence-corrected chi connectivity index (χ2v) is 2.88. The fourth-order valence-electron chi connectivity index (χ4n) is 1.25. The molecule has 0 aliphatic heterocycles. The van der Waals surface area contributed by atoms with Crippen LogP contribution in [0.1, 0.15) is 0 Å². The van der Waals surface area contributed by atoms with Crippen molar-refractivity contribution in [1.29, 1.82) is 0 Å². The summed E-state index contributed by atoms with van der Waals surface area (Å²) in [5, 5.41) is 8.88. The van der Waals surface area contributed by atoms with E-state index in [1.54, 1.807) is 29.7 Å². The Kier molecular flexibility index (Phi) is 2.18. The van der Waals surface area contributed by atoms with Gasteiger partial charge < -0.3 is 4.98 Å². The van der Waals surface area contributed by atoms with Gasteiger partial charge in [0.2, 0.25) is 5.82 Å². The van der Waals surface area contributed by atoms with Crippen molar-refractivity contribution >= 4 is 16.7 Å². The number of aromatic nitrogens is 2. The van der Waals surface area contributed by atoms with Gasteiger partial charge in [-0.15, -0.1) is 0 Å². The highest BCUT2D eigenvalue weighted by molar-refractivity contribution is 5.76. The molecule has 1 aromatic heterocycles. The molecule has 0 bridgehead atoms. The van der Waals surface area contributed by atoms with Crippen LogP contribution in [0.2, 0.25) is 0 Å². The highest BCUT2D eigenvalue weighted by Gasteiger charge is 2.02. The van der Waals surface area contributed by atoms with Crippen molar-refractivity contribution in [1.82, 2.24) is 9.97 Å². The van der Waals surface area contributed by atoms with Gasteiger partial charge in [-0.2, -0.15) is 4.98 Å². The molecule has 15 heavy (non-hydrogen) atoms. The molecule has 0 unspecified atom stereocenters. The first-order valence-corrected chi connectivity index (χ1v) is 4.16. The highest BCUT2D eigenvalue weighted by atomic mass is 16.5. The summed E-state index contributed by atoms with van der Waals surface area (Å²) in [4.78, 5) is 28.7. The Morgan fingerprint density at radius 2 is 2.00 bits per heavy atom. The summed E-state index contributed by atoms with van der Waals surface area (Å²) in [6.45, 7) is 0. The third-order valence-electron chi connectivity index (χ3n) is 1.94. The van der Waals surface area contributed by atoms with Gasteiger partial charge in [0.15, 0.2) is 0 Å². The van der Waals surface area contributed by atoms with Gasteiger partial charge in [-0.1, -0.05) is 12.1 Å². The SMILES string of the molecule is O=c1[nH]c2ccccc2c(=O)nc1NO. The molecule has 0 saturated carbocycles. The summed E-state index contributed by atoms with van der Waals surface area (Å²) in [7, 11) is 0. The minimum Gasteiger partial charge on any atom is -0.319 e. The van der Waals surface area contributed by atoms with E-state index >= 15 is 0 Å². The minimum absolute atomic E-state index is 0.288. The second kappa shape index (κ2) is 3.50. The van der Waals surface area contributed by atoms with Gasteiger partial charge in [-0.25, -0.2) is 5.48 Å². The van der Waals surface area contributed by atoms with Crippen molar-refractivity contribution in [2.45, 2.75) is 0 Å². The van der Waals surface area contributed by atoms with E-state index in [9.17, 15) is 9.59 Å². The van der Waals surface area contributed by atoms with Crippen molar-refractivity contribution in [2.24, 2.45) is 0 Å². The largest absolute Gasteiger partial charge is 0.319 e. The molecule has 6 nitrogen and oxygen atoms in total. The number of anilines is 1. The molecular formula is C9H7N3O3. The van der Waals surface area contributed by atoms with Gasteiger partial charge >= 0.3 is 0 Å². The quantitative estimate of drug-likeness (QED) is 0.573. The van der Waals surface area contributed by atoms with Crippen LogP contribution in [0.3, 0.4) is 0 Å². The lowest BCUT2D eigenvalue weighted by atomic mass is 10.2. The van der Waals surface area contributed by atoms with Crippen LogP contribution in [0, 0.1) is 0 Å². The fraction of sp³-hybridized carbons (Fsp3) is 0. The number of benzene rings is 1. The van der Waals surface area contributed by atoms with Crippen molar-refractivity contribution in [3.05, 3.63) is 45.0 Å². The van der Waals surface area contributed by atoms with Crippen molar-refractivity contribution in [3.63, 3.8) is 0 Å². The first-order valence-electron chi connectivity index (χ1n) is 4.16. The maximum Gasteiger partial charge on any atom is 0.293 e. The maximum absolute atomic E-state index is 11.5. The molecule has 0 atom stereocenters. The molecule has 0 saturated heterocycles. The highest BCUT2D eigenvalue weighted by Crippen LogP contribution is 2.02. The van der Waals surface area contributed by atoms with E-state index in [1.165, 1.54) is 0 Å². The van der Waals surface area contributed by atoms with Gasteiger partial charge in [0.1, 0.15) is 0 Å². The standard InChI is InChI=1S/C9H7N3O3/c13-8-5-3-1-2-4-6(5)10-9(14)7(11-8)12-15/h1-4,15H,(H2,10,11,12,13,14). The number of nitrogens with zero attached hydrogens (tertiary/aromatic N) is 1. The van der Waals surface area contributed by atoms with Gasteiger partial charge in [-0.05, 0) is 12.1 Å². The number of fused-ring (bicyclic) bond motifs is 1. The monoisotopic (exact) mass is 205 g/mol. The molecule has 6 heteroatoms. The predicted octanol–water partition coefficient (Wildman–Crippen LogP) is 0.0844. The van der Waals surface area contributed by atoms with Crippen LogP contribution in [-0.2, 0) is 0 Å². The van der Waals surface area contributed by atoms with Gasteiger partial charge in [0.05, 0.1) is 10.9 Å². The molecule has 0 aliphatic rings. The summed E-state index contributed by atoms with van der Waals surface area (Å²) in [5.74, 6) is -0.420. The third-order valence-corrected chi connectivity index (χ3v) is 1.94. The average Bonchev–Trinajstić information content (AvgIpc) is 2.37. The zero-order valence-electron chi connectivity index (χ0n) is 7.52. The first-order chi connectivity index (χ1) is 7.22. The van der Waals surface area contributed by atoms with E-state index in [0.717, 1.165) is 0 Å². The second-order valence-electron chi connectivity index (χ2n) is 2.88. The maximum atomic E-state index is 11.5. The fourth-order valence-corrected chi connectivity index (χ4v) is 1.25. The Morgan fingerprint density at radius 1 is 1.27 bits per heavy atom. The summed E-state index contributed by atoms with van der Waals surface area (Å²) < 4.78 is 0. The van der Waals surface area contributed by atoms with E-state index in [1.807, 2.05) is 0 Å². The van der Waals surface area contributed by atoms with E-state index in [4.69, 9.17) is 5.21 Å². The van der Waals surface area contributed by atoms with E-state index < -0.39 is 16.9 Å². The van der Waals surface area contributed by atoms with Crippen molar-refractivity contribution in [3.8, 4) is 0 Å². The molecule has 0 fully saturated rings. The van der Waals surface area contributed by atoms with Gasteiger partial charge in [-0.3, -0.25) is 14.8 Å². The summed E-state index contributed by atoms with van der Waals surface area (Å²) in [5.41, 5.74) is 0.713. The Morgan fingerprint density at radius 3 is 2.73 bits per heavy atom. The number of H-pyrrole nitrogens is 1. The molecule has 2 aromatic rings. The molecule has 0 radical (unpaired) electrons. The molecule has 76 valence electrons. The van der Waals surface area contributed by atoms with Gasteiger partial charge in [0, 0.05) is 0 Å². The molecule has 0 aliphatic carbocycles. The van der Waals surface area contributed by atoms with Crippen molar-refractivity contribution < 1.29 is 5.21 Å². The Balaban J connectivity index is 3.03. The summed E-state index contributed by atoms with van der Waals surface area (Å²) >= 11 is 0. The number of hydrogen-bond donors (Lipinski definition) is 3. The molecule has 1 aromatic carbocycles. The van der Waals surface area contributed by atoms with Gasteiger partial charge in [0.25, 0.3) is 11.1 Å². The Labute approximate surface area is 83.2 Å². The van der Waals surface area contributed by atoms with Crippen LogP contribution in [0.25, 0.3) is 10.9 Å². The zero-order valence-corrected chi connectivity index (χ0v) is 7.52. The molecule has 0 spiro atoms. The minimum atomic E-state index is -0.657. The van der Waals surface area contributed by atoms with Crippen LogP contribution >= 0.6 is 0 Å². The summed E-state index contributed by atoms with van der Waals surface area (Å²) in [6, 6.07) is 6.47. The number of rotatable bonds is 1. The lowest BCUT2D eigenvalue weighted by Gasteiger charge is -1.87. The van der Waals surface area contributed by atoms with Crippen LogP contribution < -0.4 is 16.6 Å². The first kappa shape index (κ1) is 9.35. The van der Waals surface area contributed by atoms with E-state index in [-0.39, 0.29) is 5.39 Å². The normalized spacial score (nSPS) is 10.2. The summed E-state index contributed by atoms with van der Waals surface area (Å²) in [6.07, 6.45) is 0. The lowest BCUT2D eigenvalue weighted by molar-refractivity contribution is 0.385. The van der Waals surface area contributed by atoms with Crippen LogP contribution in [0.5, 0.6) is 0 Å². The zero-order chi connectivity index (χ0) is 10.8. The Bertz CT molecular complexity index is 621. The number of para-hydroxylation sites is 1. The number of nitrogens with one attached hydrogen (secondary N) is 2. The van der Waals surface area contributed by atoms with Crippen LogP contribution in [0.4, 0.5) is 5.82 Å². The molecule has 3 N–H and O–H groups in total. The topological polar surface area (TPSA) is 95.1 Å². The van der Waals surface area contributed by atoms with Crippen LogP contribution in [-0.4, -0.2) is 15.2 Å². The molecule has 2 rings (SSSR count). The van der Waals surface area contributed by atoms with Crippen LogP contribution in [0.15, 0.2) is 33.9 Å². The average molecular weight is 205 g/mol. The third kappa shape index (κ3) is 1.57. The molecule has 0 amide bonds. The number of hydrogen-bond acceptors (Lipinski definition) is 5. The van der Waals surface area contributed by atoms with E-state index in [2.05, 4.69) is 9.97 Å². The van der Waals surface area contributed by atoms with E-state index in [0.29, 0.717) is 5.52 Å². The molecular weight excluding hydrogens is 198 g/mol. The Hall–Kier alpha value is -2.21.